The highest BCUT2D eigenvalue weighted by Gasteiger charge is 2.28. The van der Waals surface area contributed by atoms with Gasteiger partial charge in [0.05, 0.1) is 24.3 Å². The van der Waals surface area contributed by atoms with E-state index < -0.39 is 0 Å². The van der Waals surface area contributed by atoms with Crippen molar-refractivity contribution in [2.75, 3.05) is 5.32 Å². The number of hydrogen-bond donors (Lipinski definition) is 2. The molecule has 2 amide bonds. The maximum absolute atomic E-state index is 12.7. The lowest BCUT2D eigenvalue weighted by Gasteiger charge is -2.16. The molecule has 0 unspecified atom stereocenters. The number of carbonyl (C=O) groups excluding carboxylic acids is 1. The molecule has 1 aliphatic heterocycles. The highest BCUT2D eigenvalue weighted by molar-refractivity contribution is 5.90. The molecule has 0 saturated carbocycles. The summed E-state index contributed by atoms with van der Waals surface area (Å²) < 4.78 is 1.51. The molecule has 1 aromatic carbocycles. The minimum atomic E-state index is -0.279. The van der Waals surface area contributed by atoms with E-state index in [2.05, 4.69) is 25.5 Å². The van der Waals surface area contributed by atoms with Crippen molar-refractivity contribution >= 4 is 11.7 Å². The summed E-state index contributed by atoms with van der Waals surface area (Å²) in [7, 11) is 1.69. The highest BCUT2D eigenvalue weighted by atomic mass is 16.2. The minimum absolute atomic E-state index is 0.101. The fourth-order valence-corrected chi connectivity index (χ4v) is 3.19. The Kier molecular flexibility index (Phi) is 4.42. The third-order valence-electron chi connectivity index (χ3n) is 4.91. The number of benzene rings is 1. The molecular formula is C19H21N7O2. The second-order valence-corrected chi connectivity index (χ2v) is 6.77. The number of hydrogen-bond acceptors (Lipinski definition) is 5. The predicted molar refractivity (Wildman–Crippen MR) is 104 cm³/mol. The van der Waals surface area contributed by atoms with Crippen LogP contribution in [0.3, 0.4) is 0 Å². The molecule has 9 nitrogen and oxygen atoms in total. The minimum Gasteiger partial charge on any atom is -0.314 e. The number of rotatable bonds is 3. The molecule has 1 aliphatic rings. The molecule has 2 aromatic heterocycles. The van der Waals surface area contributed by atoms with Crippen molar-refractivity contribution in [2.24, 2.45) is 7.05 Å². The number of carbonyl (C=O) groups is 1. The van der Waals surface area contributed by atoms with E-state index in [-0.39, 0.29) is 18.1 Å². The summed E-state index contributed by atoms with van der Waals surface area (Å²) in [5.74, 6) is 2.03. The Morgan fingerprint density at radius 2 is 2.11 bits per heavy atom. The smallest absolute Gasteiger partial charge is 0.314 e. The van der Waals surface area contributed by atoms with Crippen LogP contribution >= 0.6 is 0 Å². The van der Waals surface area contributed by atoms with Crippen molar-refractivity contribution in [2.45, 2.75) is 33.4 Å². The zero-order valence-corrected chi connectivity index (χ0v) is 16.0. The van der Waals surface area contributed by atoms with Crippen LogP contribution in [0.2, 0.25) is 0 Å². The molecule has 0 bridgehead atoms. The van der Waals surface area contributed by atoms with E-state index in [0.29, 0.717) is 35.1 Å². The fraction of sp³-hybridized carbons (Fsp3) is 0.316. The topological polar surface area (TPSA) is 109 Å². The van der Waals surface area contributed by atoms with Crippen LogP contribution in [0.1, 0.15) is 29.8 Å². The molecule has 0 aliphatic carbocycles. The summed E-state index contributed by atoms with van der Waals surface area (Å²) in [4.78, 5) is 35.5. The summed E-state index contributed by atoms with van der Waals surface area (Å²) in [6.07, 6.45) is 0.770. The average Bonchev–Trinajstić information content (AvgIpc) is 3.33. The van der Waals surface area contributed by atoms with Gasteiger partial charge < -0.3 is 10.2 Å². The lowest BCUT2D eigenvalue weighted by Crippen LogP contribution is -2.31. The first-order chi connectivity index (χ1) is 13.5. The SMILES string of the molecule is CCc1nc(-c2cccc(NC(=O)N3Cc4nc(C)n(C)c(=O)c4C3)c2)n[nH]1. The van der Waals surface area contributed by atoms with E-state index in [9.17, 15) is 9.59 Å². The predicted octanol–water partition coefficient (Wildman–Crippen LogP) is 1.98. The number of aromatic nitrogens is 5. The van der Waals surface area contributed by atoms with E-state index in [4.69, 9.17) is 0 Å². The zero-order chi connectivity index (χ0) is 19.8. The molecule has 0 spiro atoms. The first kappa shape index (κ1) is 17.9. The number of nitrogens with one attached hydrogen (secondary N) is 2. The van der Waals surface area contributed by atoms with Gasteiger partial charge in [0.2, 0.25) is 0 Å². The van der Waals surface area contributed by atoms with Crippen molar-refractivity contribution in [3.63, 3.8) is 0 Å². The number of aromatic amines is 1. The third-order valence-corrected chi connectivity index (χ3v) is 4.91. The summed E-state index contributed by atoms with van der Waals surface area (Å²) in [6.45, 7) is 4.35. The molecule has 4 rings (SSSR count). The third kappa shape index (κ3) is 3.15. The van der Waals surface area contributed by atoms with Gasteiger partial charge in [0.15, 0.2) is 5.82 Å². The summed E-state index contributed by atoms with van der Waals surface area (Å²) in [6, 6.07) is 7.08. The summed E-state index contributed by atoms with van der Waals surface area (Å²) in [5, 5.41) is 9.97. The van der Waals surface area contributed by atoms with Crippen LogP contribution in [-0.4, -0.2) is 35.7 Å². The second kappa shape index (κ2) is 6.91. The van der Waals surface area contributed by atoms with Gasteiger partial charge in [-0.25, -0.2) is 14.8 Å². The van der Waals surface area contributed by atoms with E-state index in [1.165, 1.54) is 4.57 Å². The Morgan fingerprint density at radius 3 is 2.86 bits per heavy atom. The van der Waals surface area contributed by atoms with Crippen LogP contribution < -0.4 is 10.9 Å². The van der Waals surface area contributed by atoms with E-state index in [1.54, 1.807) is 24.9 Å². The summed E-state index contributed by atoms with van der Waals surface area (Å²) >= 11 is 0. The number of nitrogens with zero attached hydrogens (tertiary/aromatic N) is 5. The maximum Gasteiger partial charge on any atom is 0.322 e. The van der Waals surface area contributed by atoms with Crippen LogP contribution in [0.25, 0.3) is 11.4 Å². The maximum atomic E-state index is 12.7. The Labute approximate surface area is 161 Å². The van der Waals surface area contributed by atoms with Gasteiger partial charge in [-0.1, -0.05) is 19.1 Å². The normalized spacial score (nSPS) is 12.9. The lowest BCUT2D eigenvalue weighted by molar-refractivity contribution is 0.212. The van der Waals surface area contributed by atoms with Crippen molar-refractivity contribution in [1.29, 1.82) is 0 Å². The van der Waals surface area contributed by atoms with Gasteiger partial charge in [0, 0.05) is 24.7 Å². The summed E-state index contributed by atoms with van der Waals surface area (Å²) in [5.41, 5.74) is 2.58. The standard InChI is InChI=1S/C19H21N7O2/c1-4-16-22-17(24-23-16)12-6-5-7-13(8-12)21-19(28)26-9-14-15(10-26)20-11(2)25(3)18(14)27/h5-8H,4,9-10H2,1-3H3,(H,21,28)(H,22,23,24). The van der Waals surface area contributed by atoms with Crippen molar-refractivity contribution in [1.82, 2.24) is 29.6 Å². The zero-order valence-electron chi connectivity index (χ0n) is 16.0. The molecule has 0 saturated heterocycles. The van der Waals surface area contributed by atoms with Crippen LogP contribution in [-0.2, 0) is 26.6 Å². The fourth-order valence-electron chi connectivity index (χ4n) is 3.19. The van der Waals surface area contributed by atoms with Crippen LogP contribution in [0.5, 0.6) is 0 Å². The number of fused-ring (bicyclic) bond motifs is 1. The molecule has 3 heterocycles. The Balaban J connectivity index is 1.51. The van der Waals surface area contributed by atoms with Gasteiger partial charge >= 0.3 is 6.03 Å². The van der Waals surface area contributed by atoms with Gasteiger partial charge in [-0.15, -0.1) is 0 Å². The van der Waals surface area contributed by atoms with Crippen molar-refractivity contribution in [3.8, 4) is 11.4 Å². The molecule has 144 valence electrons. The van der Waals surface area contributed by atoms with Gasteiger partial charge in [0.1, 0.15) is 11.6 Å². The number of H-pyrrole nitrogens is 1. The first-order valence-corrected chi connectivity index (χ1v) is 9.09. The van der Waals surface area contributed by atoms with Crippen molar-refractivity contribution in [3.05, 3.63) is 57.5 Å². The molecular weight excluding hydrogens is 358 g/mol. The van der Waals surface area contributed by atoms with E-state index >= 15 is 0 Å². The number of anilines is 1. The Bertz CT molecular complexity index is 1120. The molecule has 0 radical (unpaired) electrons. The van der Waals surface area contributed by atoms with E-state index in [0.717, 1.165) is 17.8 Å². The molecule has 3 aromatic rings. The molecule has 9 heteroatoms. The van der Waals surface area contributed by atoms with Gasteiger partial charge in [-0.05, 0) is 19.1 Å². The Hall–Kier alpha value is -3.49. The van der Waals surface area contributed by atoms with Gasteiger partial charge in [-0.2, -0.15) is 5.10 Å². The lowest BCUT2D eigenvalue weighted by atomic mass is 10.2. The van der Waals surface area contributed by atoms with Gasteiger partial charge in [-0.3, -0.25) is 14.5 Å². The number of aryl methyl sites for hydroxylation is 2. The largest absolute Gasteiger partial charge is 0.322 e. The monoisotopic (exact) mass is 379 g/mol. The van der Waals surface area contributed by atoms with Crippen LogP contribution in [0, 0.1) is 6.92 Å². The van der Waals surface area contributed by atoms with Gasteiger partial charge in [0.25, 0.3) is 5.56 Å². The molecule has 28 heavy (non-hydrogen) atoms. The van der Waals surface area contributed by atoms with E-state index in [1.807, 2.05) is 25.1 Å². The van der Waals surface area contributed by atoms with Crippen molar-refractivity contribution < 1.29 is 4.79 Å². The quantitative estimate of drug-likeness (QED) is 0.723. The molecule has 0 atom stereocenters. The van der Waals surface area contributed by atoms with Crippen LogP contribution in [0.15, 0.2) is 29.1 Å². The van der Waals surface area contributed by atoms with Crippen LogP contribution in [0.4, 0.5) is 10.5 Å². The number of urea groups is 1. The molecule has 2 N–H and O–H groups in total. The first-order valence-electron chi connectivity index (χ1n) is 9.09. The number of amides is 2. The highest BCUT2D eigenvalue weighted by Crippen LogP contribution is 2.22. The second-order valence-electron chi connectivity index (χ2n) is 6.77. The Morgan fingerprint density at radius 1 is 1.29 bits per heavy atom. The average molecular weight is 379 g/mol. The molecule has 0 fully saturated rings.